The van der Waals surface area contributed by atoms with Crippen LogP contribution in [0.15, 0.2) is 85.5 Å². The lowest BCUT2D eigenvalue weighted by atomic mass is 9.87. The van der Waals surface area contributed by atoms with Crippen molar-refractivity contribution < 1.29 is 4.74 Å². The van der Waals surface area contributed by atoms with Crippen molar-refractivity contribution in [3.8, 4) is 16.9 Å². The minimum Gasteiger partial charge on any atom is -0.489 e. The van der Waals surface area contributed by atoms with Crippen molar-refractivity contribution in [1.82, 2.24) is 0 Å². The molecule has 0 unspecified atom stereocenters. The summed E-state index contributed by atoms with van der Waals surface area (Å²) in [7, 11) is 0. The number of rotatable bonds is 7. The van der Waals surface area contributed by atoms with Gasteiger partial charge in [-0.05, 0) is 52.1 Å². The second kappa shape index (κ2) is 8.93. The van der Waals surface area contributed by atoms with Crippen LogP contribution in [0.1, 0.15) is 37.5 Å². The Morgan fingerprint density at radius 3 is 1.93 bits per heavy atom. The zero-order chi connectivity index (χ0) is 20.0. The van der Waals surface area contributed by atoms with Gasteiger partial charge in [0, 0.05) is 0 Å². The maximum absolute atomic E-state index is 6.04. The van der Waals surface area contributed by atoms with Crippen LogP contribution in [0, 0.1) is 5.41 Å². The first kappa shape index (κ1) is 19.9. The van der Waals surface area contributed by atoms with Crippen LogP contribution in [0.25, 0.3) is 11.1 Å². The molecule has 3 rings (SSSR count). The fraction of sp³-hybridized carbons (Fsp3) is 0.259. The predicted octanol–water partition coefficient (Wildman–Crippen LogP) is 7.25. The third-order valence-electron chi connectivity index (χ3n) is 4.71. The molecule has 0 spiro atoms. The van der Waals surface area contributed by atoms with Crippen molar-refractivity contribution in [2.75, 3.05) is 0 Å². The molecule has 0 aliphatic heterocycles. The maximum atomic E-state index is 6.04. The highest BCUT2D eigenvalue weighted by Gasteiger charge is 2.11. The van der Waals surface area contributed by atoms with Gasteiger partial charge in [0.2, 0.25) is 0 Å². The van der Waals surface area contributed by atoms with E-state index in [9.17, 15) is 0 Å². The molecule has 28 heavy (non-hydrogen) atoms. The number of hydrogen-bond acceptors (Lipinski definition) is 1. The molecule has 0 heterocycles. The number of benzene rings is 3. The van der Waals surface area contributed by atoms with E-state index in [4.69, 9.17) is 4.74 Å². The summed E-state index contributed by atoms with van der Waals surface area (Å²) in [5.41, 5.74) is 6.53. The fourth-order valence-electron chi connectivity index (χ4n) is 3.35. The lowest BCUT2D eigenvalue weighted by molar-refractivity contribution is 0.303. The summed E-state index contributed by atoms with van der Waals surface area (Å²) in [6.07, 6.45) is 3.82. The predicted molar refractivity (Wildman–Crippen MR) is 120 cm³/mol. The van der Waals surface area contributed by atoms with Gasteiger partial charge < -0.3 is 4.74 Å². The second-order valence-electron chi connectivity index (χ2n) is 8.52. The van der Waals surface area contributed by atoms with E-state index in [0.717, 1.165) is 18.6 Å². The van der Waals surface area contributed by atoms with Gasteiger partial charge in [-0.2, -0.15) is 0 Å². The Bertz CT molecular complexity index is 896. The Morgan fingerprint density at radius 1 is 0.786 bits per heavy atom. The van der Waals surface area contributed by atoms with Gasteiger partial charge >= 0.3 is 0 Å². The minimum absolute atomic E-state index is 0.313. The summed E-state index contributed by atoms with van der Waals surface area (Å²) in [5.74, 6) is 0.931. The van der Waals surface area contributed by atoms with E-state index < -0.39 is 0 Å². The lowest BCUT2D eigenvalue weighted by Gasteiger charge is -2.18. The zero-order valence-corrected chi connectivity index (χ0v) is 17.2. The van der Waals surface area contributed by atoms with Gasteiger partial charge in [0.25, 0.3) is 0 Å². The van der Waals surface area contributed by atoms with Gasteiger partial charge in [-0.3, -0.25) is 0 Å². The van der Waals surface area contributed by atoms with E-state index >= 15 is 0 Å². The van der Waals surface area contributed by atoms with Crippen molar-refractivity contribution in [3.05, 3.63) is 102 Å². The van der Waals surface area contributed by atoms with E-state index in [1.807, 2.05) is 24.3 Å². The molecular formula is C27H30O. The summed E-state index contributed by atoms with van der Waals surface area (Å²) < 4.78 is 6.04. The summed E-state index contributed by atoms with van der Waals surface area (Å²) in [4.78, 5) is 0. The average molecular weight is 371 g/mol. The van der Waals surface area contributed by atoms with Crippen molar-refractivity contribution in [2.45, 2.75) is 40.2 Å². The van der Waals surface area contributed by atoms with Gasteiger partial charge in [-0.1, -0.05) is 93.6 Å². The number of para-hydroxylation sites is 1. The van der Waals surface area contributed by atoms with Crippen molar-refractivity contribution in [1.29, 1.82) is 0 Å². The van der Waals surface area contributed by atoms with Crippen LogP contribution in [0.2, 0.25) is 0 Å². The van der Waals surface area contributed by atoms with Crippen LogP contribution in [-0.2, 0) is 19.4 Å². The van der Waals surface area contributed by atoms with Crippen LogP contribution in [0.5, 0.6) is 5.75 Å². The van der Waals surface area contributed by atoms with E-state index in [2.05, 4.69) is 81.9 Å². The van der Waals surface area contributed by atoms with Gasteiger partial charge in [0.15, 0.2) is 0 Å². The van der Waals surface area contributed by atoms with E-state index in [1.54, 1.807) is 0 Å². The topological polar surface area (TPSA) is 9.23 Å². The SMILES string of the molecule is C=CCc1ccccc1OCc1ccc(-c2ccc(CC(C)(C)C)cc2)cc1. The Hall–Kier alpha value is -2.80. The first-order valence-corrected chi connectivity index (χ1v) is 9.94. The number of ether oxygens (including phenoxy) is 1. The van der Waals surface area contributed by atoms with Crippen LogP contribution in [0.4, 0.5) is 0 Å². The van der Waals surface area contributed by atoms with Crippen LogP contribution in [-0.4, -0.2) is 0 Å². The summed E-state index contributed by atoms with van der Waals surface area (Å²) >= 11 is 0. The van der Waals surface area contributed by atoms with E-state index in [-0.39, 0.29) is 0 Å². The number of allylic oxidation sites excluding steroid dienone is 1. The van der Waals surface area contributed by atoms with Gasteiger partial charge in [0.05, 0.1) is 0 Å². The largest absolute Gasteiger partial charge is 0.489 e. The summed E-state index contributed by atoms with van der Waals surface area (Å²) in [5, 5.41) is 0. The van der Waals surface area contributed by atoms with Crippen molar-refractivity contribution in [2.24, 2.45) is 5.41 Å². The Kier molecular flexibility index (Phi) is 6.36. The Labute approximate surface area is 169 Å². The summed E-state index contributed by atoms with van der Waals surface area (Å²) in [6, 6.07) is 25.7. The molecule has 0 N–H and O–H groups in total. The van der Waals surface area contributed by atoms with Crippen molar-refractivity contribution in [3.63, 3.8) is 0 Å². The lowest BCUT2D eigenvalue weighted by Crippen LogP contribution is -2.08. The monoisotopic (exact) mass is 370 g/mol. The second-order valence-corrected chi connectivity index (χ2v) is 8.52. The molecule has 0 radical (unpaired) electrons. The number of hydrogen-bond donors (Lipinski definition) is 0. The highest BCUT2D eigenvalue weighted by atomic mass is 16.5. The molecule has 0 amide bonds. The normalized spacial score (nSPS) is 11.2. The van der Waals surface area contributed by atoms with E-state index in [1.165, 1.54) is 27.8 Å². The van der Waals surface area contributed by atoms with Crippen LogP contribution >= 0.6 is 0 Å². The maximum Gasteiger partial charge on any atom is 0.123 e. The molecule has 0 aromatic heterocycles. The van der Waals surface area contributed by atoms with Crippen LogP contribution in [0.3, 0.4) is 0 Å². The molecule has 0 aliphatic rings. The summed E-state index contributed by atoms with van der Waals surface area (Å²) in [6.45, 7) is 11.2. The smallest absolute Gasteiger partial charge is 0.123 e. The standard InChI is InChI=1S/C27H30O/c1-5-8-25-9-6-7-10-26(25)28-20-22-13-17-24(18-14-22)23-15-11-21(12-16-23)19-27(2,3)4/h5-7,9-18H,1,8,19-20H2,2-4H3. The quantitative estimate of drug-likeness (QED) is 0.398. The minimum atomic E-state index is 0.313. The average Bonchev–Trinajstić information content (AvgIpc) is 2.67. The molecule has 0 bridgehead atoms. The molecule has 1 heteroatoms. The van der Waals surface area contributed by atoms with Gasteiger partial charge in [-0.15, -0.1) is 6.58 Å². The molecule has 144 valence electrons. The van der Waals surface area contributed by atoms with Gasteiger partial charge in [-0.25, -0.2) is 0 Å². The molecule has 0 saturated heterocycles. The van der Waals surface area contributed by atoms with Crippen LogP contribution < -0.4 is 4.74 Å². The molecule has 0 fully saturated rings. The Balaban J connectivity index is 1.64. The molecule has 1 nitrogen and oxygen atoms in total. The zero-order valence-electron chi connectivity index (χ0n) is 17.2. The molecule has 3 aromatic rings. The fourth-order valence-corrected chi connectivity index (χ4v) is 3.35. The highest BCUT2D eigenvalue weighted by Crippen LogP contribution is 2.25. The van der Waals surface area contributed by atoms with E-state index in [0.29, 0.717) is 12.0 Å². The molecule has 0 saturated carbocycles. The Morgan fingerprint density at radius 2 is 1.36 bits per heavy atom. The third-order valence-corrected chi connectivity index (χ3v) is 4.71. The molecule has 0 aliphatic carbocycles. The van der Waals surface area contributed by atoms with Gasteiger partial charge in [0.1, 0.15) is 12.4 Å². The molecular weight excluding hydrogens is 340 g/mol. The molecule has 0 atom stereocenters. The van der Waals surface area contributed by atoms with Crippen molar-refractivity contribution >= 4 is 0 Å². The first-order valence-electron chi connectivity index (χ1n) is 9.94. The molecule has 3 aromatic carbocycles. The third kappa shape index (κ3) is 5.60. The highest BCUT2D eigenvalue weighted by molar-refractivity contribution is 5.64. The first-order chi connectivity index (χ1) is 13.4.